The molecular formula is C12H26N2. The van der Waals surface area contributed by atoms with Gasteiger partial charge in [0.1, 0.15) is 0 Å². The van der Waals surface area contributed by atoms with Crippen molar-refractivity contribution in [2.75, 3.05) is 13.1 Å². The van der Waals surface area contributed by atoms with Crippen LogP contribution in [0.3, 0.4) is 0 Å². The standard InChI is InChI=1S/C12H26N2/c1-3-11(13)9-14-10-12(4-2)7-5-6-8-12/h11,14H,3-10,13H2,1-2H3. The summed E-state index contributed by atoms with van der Waals surface area (Å²) < 4.78 is 0. The lowest BCUT2D eigenvalue weighted by Crippen LogP contribution is -2.39. The Morgan fingerprint density at radius 1 is 1.29 bits per heavy atom. The summed E-state index contributed by atoms with van der Waals surface area (Å²) >= 11 is 0. The molecule has 2 nitrogen and oxygen atoms in total. The fraction of sp³-hybridized carbons (Fsp3) is 1.00. The number of hydrogen-bond acceptors (Lipinski definition) is 2. The van der Waals surface area contributed by atoms with Crippen LogP contribution in [-0.2, 0) is 0 Å². The van der Waals surface area contributed by atoms with Gasteiger partial charge in [0.2, 0.25) is 0 Å². The van der Waals surface area contributed by atoms with Crippen molar-refractivity contribution in [2.24, 2.45) is 11.1 Å². The van der Waals surface area contributed by atoms with Gasteiger partial charge in [0.25, 0.3) is 0 Å². The zero-order chi connectivity index (χ0) is 10.4. The topological polar surface area (TPSA) is 38.0 Å². The Hall–Kier alpha value is -0.0800. The molecule has 1 unspecified atom stereocenters. The van der Waals surface area contributed by atoms with Crippen LogP contribution in [0.15, 0.2) is 0 Å². The van der Waals surface area contributed by atoms with Crippen LogP contribution in [0.1, 0.15) is 52.4 Å². The maximum Gasteiger partial charge on any atom is 0.0162 e. The maximum absolute atomic E-state index is 5.88. The fourth-order valence-corrected chi connectivity index (χ4v) is 2.45. The van der Waals surface area contributed by atoms with Gasteiger partial charge in [-0.1, -0.05) is 26.7 Å². The molecule has 0 radical (unpaired) electrons. The quantitative estimate of drug-likeness (QED) is 0.687. The van der Waals surface area contributed by atoms with Crippen LogP contribution in [0.2, 0.25) is 0 Å². The highest BCUT2D eigenvalue weighted by Gasteiger charge is 2.31. The minimum absolute atomic E-state index is 0.338. The number of rotatable bonds is 6. The highest BCUT2D eigenvalue weighted by Crippen LogP contribution is 2.40. The van der Waals surface area contributed by atoms with E-state index < -0.39 is 0 Å². The lowest BCUT2D eigenvalue weighted by Gasteiger charge is -2.28. The molecule has 0 aliphatic heterocycles. The Balaban J connectivity index is 2.21. The SMILES string of the molecule is CCC(N)CNCC1(CC)CCCC1. The summed E-state index contributed by atoms with van der Waals surface area (Å²) in [5, 5.41) is 3.54. The van der Waals surface area contributed by atoms with Gasteiger partial charge in [-0.25, -0.2) is 0 Å². The van der Waals surface area contributed by atoms with E-state index in [4.69, 9.17) is 5.73 Å². The van der Waals surface area contributed by atoms with Crippen LogP contribution in [0.5, 0.6) is 0 Å². The van der Waals surface area contributed by atoms with Crippen molar-refractivity contribution < 1.29 is 0 Å². The molecule has 0 aromatic carbocycles. The van der Waals surface area contributed by atoms with Crippen molar-refractivity contribution in [3.8, 4) is 0 Å². The van der Waals surface area contributed by atoms with E-state index in [0.717, 1.165) is 13.0 Å². The highest BCUT2D eigenvalue weighted by atomic mass is 14.9. The van der Waals surface area contributed by atoms with Crippen molar-refractivity contribution >= 4 is 0 Å². The predicted molar refractivity (Wildman–Crippen MR) is 62.3 cm³/mol. The average molecular weight is 198 g/mol. The summed E-state index contributed by atoms with van der Waals surface area (Å²) in [7, 11) is 0. The molecule has 2 heteroatoms. The Morgan fingerprint density at radius 3 is 2.43 bits per heavy atom. The molecule has 1 aliphatic rings. The van der Waals surface area contributed by atoms with Gasteiger partial charge in [-0.2, -0.15) is 0 Å². The summed E-state index contributed by atoms with van der Waals surface area (Å²) in [6.45, 7) is 6.64. The van der Waals surface area contributed by atoms with Crippen molar-refractivity contribution in [2.45, 2.75) is 58.4 Å². The second-order valence-corrected chi connectivity index (χ2v) is 4.86. The van der Waals surface area contributed by atoms with E-state index in [1.54, 1.807) is 0 Å². The maximum atomic E-state index is 5.88. The molecule has 0 saturated heterocycles. The Morgan fingerprint density at radius 2 is 1.93 bits per heavy atom. The zero-order valence-electron chi connectivity index (χ0n) is 9.81. The summed E-state index contributed by atoms with van der Waals surface area (Å²) in [6.07, 6.45) is 8.08. The van der Waals surface area contributed by atoms with Crippen LogP contribution in [0, 0.1) is 5.41 Å². The zero-order valence-corrected chi connectivity index (χ0v) is 9.81. The normalized spacial score (nSPS) is 22.5. The largest absolute Gasteiger partial charge is 0.327 e. The van der Waals surface area contributed by atoms with E-state index in [1.165, 1.54) is 38.6 Å². The summed E-state index contributed by atoms with van der Waals surface area (Å²) in [5.41, 5.74) is 6.48. The Kier molecular flexibility index (Phi) is 4.90. The van der Waals surface area contributed by atoms with Gasteiger partial charge in [0.15, 0.2) is 0 Å². The molecule has 1 saturated carbocycles. The van der Waals surface area contributed by atoms with Crippen LogP contribution < -0.4 is 11.1 Å². The van der Waals surface area contributed by atoms with E-state index in [9.17, 15) is 0 Å². The van der Waals surface area contributed by atoms with E-state index in [-0.39, 0.29) is 0 Å². The molecule has 0 aromatic rings. The third-order valence-electron chi connectivity index (χ3n) is 3.85. The van der Waals surface area contributed by atoms with Crippen LogP contribution in [0.4, 0.5) is 0 Å². The van der Waals surface area contributed by atoms with Crippen molar-refractivity contribution in [3.05, 3.63) is 0 Å². The summed E-state index contributed by atoms with van der Waals surface area (Å²) in [6, 6.07) is 0.338. The van der Waals surface area contributed by atoms with Gasteiger partial charge < -0.3 is 11.1 Å². The molecule has 0 aromatic heterocycles. The minimum atomic E-state index is 0.338. The molecule has 1 aliphatic carbocycles. The third-order valence-corrected chi connectivity index (χ3v) is 3.85. The summed E-state index contributed by atoms with van der Waals surface area (Å²) in [5.74, 6) is 0. The number of hydrogen-bond donors (Lipinski definition) is 2. The second kappa shape index (κ2) is 5.72. The molecule has 1 fully saturated rings. The predicted octanol–water partition coefficient (Wildman–Crippen LogP) is 2.28. The average Bonchev–Trinajstić information content (AvgIpc) is 2.67. The monoisotopic (exact) mass is 198 g/mol. The van der Waals surface area contributed by atoms with Gasteiger partial charge in [-0.05, 0) is 31.1 Å². The smallest absolute Gasteiger partial charge is 0.0162 e. The van der Waals surface area contributed by atoms with Crippen LogP contribution >= 0.6 is 0 Å². The first kappa shape index (κ1) is 12.0. The van der Waals surface area contributed by atoms with Crippen molar-refractivity contribution in [1.29, 1.82) is 0 Å². The molecule has 1 atom stereocenters. The highest BCUT2D eigenvalue weighted by molar-refractivity contribution is 4.85. The Labute approximate surface area is 88.6 Å². The van der Waals surface area contributed by atoms with Gasteiger partial charge in [-0.15, -0.1) is 0 Å². The molecular weight excluding hydrogens is 172 g/mol. The van der Waals surface area contributed by atoms with Gasteiger partial charge in [-0.3, -0.25) is 0 Å². The Bertz CT molecular complexity index is 150. The first-order valence-corrected chi connectivity index (χ1v) is 6.19. The molecule has 0 amide bonds. The fourth-order valence-electron chi connectivity index (χ4n) is 2.45. The molecule has 1 rings (SSSR count). The molecule has 0 bridgehead atoms. The first-order chi connectivity index (χ1) is 6.72. The van der Waals surface area contributed by atoms with Gasteiger partial charge in [0, 0.05) is 19.1 Å². The number of nitrogens with one attached hydrogen (secondary N) is 1. The first-order valence-electron chi connectivity index (χ1n) is 6.19. The molecule has 0 heterocycles. The molecule has 3 N–H and O–H groups in total. The lowest BCUT2D eigenvalue weighted by molar-refractivity contribution is 0.266. The number of nitrogens with two attached hydrogens (primary N) is 1. The van der Waals surface area contributed by atoms with E-state index in [1.807, 2.05) is 0 Å². The van der Waals surface area contributed by atoms with Crippen LogP contribution in [-0.4, -0.2) is 19.1 Å². The van der Waals surface area contributed by atoms with E-state index in [2.05, 4.69) is 19.2 Å². The van der Waals surface area contributed by atoms with Crippen molar-refractivity contribution in [1.82, 2.24) is 5.32 Å². The van der Waals surface area contributed by atoms with Gasteiger partial charge >= 0.3 is 0 Å². The minimum Gasteiger partial charge on any atom is -0.327 e. The lowest BCUT2D eigenvalue weighted by atomic mass is 9.83. The molecule has 84 valence electrons. The van der Waals surface area contributed by atoms with E-state index in [0.29, 0.717) is 11.5 Å². The van der Waals surface area contributed by atoms with Crippen molar-refractivity contribution in [3.63, 3.8) is 0 Å². The molecule has 14 heavy (non-hydrogen) atoms. The summed E-state index contributed by atoms with van der Waals surface area (Å²) in [4.78, 5) is 0. The van der Waals surface area contributed by atoms with E-state index >= 15 is 0 Å². The van der Waals surface area contributed by atoms with Crippen LogP contribution in [0.25, 0.3) is 0 Å². The third kappa shape index (κ3) is 3.25. The van der Waals surface area contributed by atoms with Gasteiger partial charge in [0.05, 0.1) is 0 Å². The molecule has 0 spiro atoms. The second-order valence-electron chi connectivity index (χ2n) is 4.86.